The van der Waals surface area contributed by atoms with E-state index in [2.05, 4.69) is 10.1 Å². The summed E-state index contributed by atoms with van der Waals surface area (Å²) in [5.41, 5.74) is 2.15. The average molecular weight is 380 g/mol. The summed E-state index contributed by atoms with van der Waals surface area (Å²) in [6, 6.07) is 16.6. The van der Waals surface area contributed by atoms with Gasteiger partial charge in [-0.2, -0.15) is 4.98 Å². The van der Waals surface area contributed by atoms with E-state index in [1.54, 1.807) is 22.7 Å². The van der Waals surface area contributed by atoms with Crippen LogP contribution in [0.1, 0.15) is 0 Å². The first-order chi connectivity index (χ1) is 12.7. The van der Waals surface area contributed by atoms with Gasteiger partial charge in [-0.25, -0.2) is 9.31 Å². The van der Waals surface area contributed by atoms with Gasteiger partial charge in [0.2, 0.25) is 4.96 Å². The fraction of sp³-hybridized carbons (Fsp3) is 0. The first-order valence-electron chi connectivity index (χ1n) is 7.82. The lowest BCUT2D eigenvalue weighted by molar-refractivity contribution is 0.563. The molecule has 0 saturated heterocycles. The maximum Gasteiger partial charge on any atom is 0.345 e. The minimum absolute atomic E-state index is 0.396. The summed E-state index contributed by atoms with van der Waals surface area (Å²) < 4.78 is 7.12. The highest BCUT2D eigenvalue weighted by Crippen LogP contribution is 2.27. The molecule has 2 aromatic carbocycles. The van der Waals surface area contributed by atoms with E-state index in [1.165, 1.54) is 11.3 Å². The van der Waals surface area contributed by atoms with Crippen LogP contribution in [0.5, 0.6) is 0 Å². The van der Waals surface area contributed by atoms with Gasteiger partial charge in [0, 0.05) is 21.4 Å². The van der Waals surface area contributed by atoms with E-state index in [-0.39, 0.29) is 0 Å². The van der Waals surface area contributed by atoms with Gasteiger partial charge in [0.1, 0.15) is 5.58 Å². The van der Waals surface area contributed by atoms with Crippen molar-refractivity contribution in [3.63, 3.8) is 0 Å². The molecule has 0 N–H and O–H groups in total. The standard InChI is InChI=1S/C19H10ClN3O2S/c20-13-7-5-11(6-8-13)17-21-19-23(22-17)15(10-26-19)14-9-12-3-1-2-4-16(12)25-18(14)24/h1-10H. The van der Waals surface area contributed by atoms with Crippen LogP contribution in [0.2, 0.25) is 5.02 Å². The van der Waals surface area contributed by atoms with Crippen LogP contribution in [-0.4, -0.2) is 14.6 Å². The molecule has 0 aliphatic heterocycles. The van der Waals surface area contributed by atoms with Crippen LogP contribution in [0.3, 0.4) is 0 Å². The summed E-state index contributed by atoms with van der Waals surface area (Å²) in [5, 5.41) is 7.94. The second-order valence-corrected chi connectivity index (χ2v) is 7.02. The van der Waals surface area contributed by atoms with Crippen LogP contribution < -0.4 is 5.63 Å². The van der Waals surface area contributed by atoms with Crippen LogP contribution in [0.4, 0.5) is 0 Å². The first kappa shape index (κ1) is 15.3. The second-order valence-electron chi connectivity index (χ2n) is 5.74. The molecular formula is C19H10ClN3O2S. The van der Waals surface area contributed by atoms with Crippen molar-refractivity contribution in [3.05, 3.63) is 75.4 Å². The van der Waals surface area contributed by atoms with E-state index in [9.17, 15) is 4.79 Å². The number of hydrogen-bond acceptors (Lipinski definition) is 5. The lowest BCUT2D eigenvalue weighted by Crippen LogP contribution is -2.04. The molecule has 26 heavy (non-hydrogen) atoms. The van der Waals surface area contributed by atoms with Crippen molar-refractivity contribution in [2.75, 3.05) is 0 Å². The Balaban J connectivity index is 1.69. The number of hydrogen-bond donors (Lipinski definition) is 0. The monoisotopic (exact) mass is 379 g/mol. The molecule has 0 radical (unpaired) electrons. The molecule has 5 aromatic rings. The molecule has 3 aromatic heterocycles. The van der Waals surface area contributed by atoms with Gasteiger partial charge in [0.05, 0.1) is 11.3 Å². The molecule has 0 amide bonds. The lowest BCUT2D eigenvalue weighted by atomic mass is 10.1. The van der Waals surface area contributed by atoms with E-state index in [0.29, 0.717) is 32.6 Å². The van der Waals surface area contributed by atoms with Crippen molar-refractivity contribution < 1.29 is 4.42 Å². The molecule has 126 valence electrons. The van der Waals surface area contributed by atoms with Gasteiger partial charge in [-0.05, 0) is 36.4 Å². The molecule has 0 aliphatic rings. The first-order valence-corrected chi connectivity index (χ1v) is 9.08. The van der Waals surface area contributed by atoms with Crippen molar-refractivity contribution in [1.82, 2.24) is 14.6 Å². The summed E-state index contributed by atoms with van der Waals surface area (Å²) in [6.07, 6.45) is 0. The van der Waals surface area contributed by atoms with Crippen molar-refractivity contribution in [2.24, 2.45) is 0 Å². The van der Waals surface area contributed by atoms with Gasteiger partial charge in [-0.1, -0.05) is 29.8 Å². The molecular weight excluding hydrogens is 370 g/mol. The van der Waals surface area contributed by atoms with Gasteiger partial charge in [-0.3, -0.25) is 0 Å². The molecule has 0 atom stereocenters. The van der Waals surface area contributed by atoms with Crippen molar-refractivity contribution in [1.29, 1.82) is 0 Å². The second kappa shape index (κ2) is 5.79. The fourth-order valence-electron chi connectivity index (χ4n) is 2.83. The largest absolute Gasteiger partial charge is 0.422 e. The Labute approximate surface area is 156 Å². The van der Waals surface area contributed by atoms with Gasteiger partial charge in [-0.15, -0.1) is 16.4 Å². The quantitative estimate of drug-likeness (QED) is 0.410. The van der Waals surface area contributed by atoms with Crippen molar-refractivity contribution in [3.8, 4) is 22.6 Å². The molecule has 0 spiro atoms. The lowest BCUT2D eigenvalue weighted by Gasteiger charge is -2.00. The number of rotatable bonds is 2. The summed E-state index contributed by atoms with van der Waals surface area (Å²) in [7, 11) is 0. The smallest absolute Gasteiger partial charge is 0.345 e. The van der Waals surface area contributed by atoms with Crippen LogP contribution in [0, 0.1) is 0 Å². The molecule has 7 heteroatoms. The maximum atomic E-state index is 12.5. The Hall–Kier alpha value is -2.96. The highest BCUT2D eigenvalue weighted by atomic mass is 35.5. The van der Waals surface area contributed by atoms with Crippen LogP contribution in [0.15, 0.2) is 69.2 Å². The van der Waals surface area contributed by atoms with Crippen molar-refractivity contribution >= 4 is 38.9 Å². The Bertz CT molecular complexity index is 1320. The topological polar surface area (TPSA) is 60.4 Å². The van der Waals surface area contributed by atoms with E-state index < -0.39 is 5.63 Å². The Morgan fingerprint density at radius 3 is 2.73 bits per heavy atom. The zero-order chi connectivity index (χ0) is 17.7. The number of benzene rings is 2. The molecule has 0 aliphatic carbocycles. The Kier molecular flexibility index (Phi) is 3.41. The molecule has 5 nitrogen and oxygen atoms in total. The zero-order valence-electron chi connectivity index (χ0n) is 13.2. The van der Waals surface area contributed by atoms with Crippen LogP contribution in [0.25, 0.3) is 38.6 Å². The number of halogens is 1. The predicted molar refractivity (Wildman–Crippen MR) is 103 cm³/mol. The van der Waals surface area contributed by atoms with E-state index in [4.69, 9.17) is 16.0 Å². The molecule has 5 rings (SSSR count). The maximum absolute atomic E-state index is 12.5. The van der Waals surface area contributed by atoms with Crippen molar-refractivity contribution in [2.45, 2.75) is 0 Å². The molecule has 3 heterocycles. The van der Waals surface area contributed by atoms with Gasteiger partial charge < -0.3 is 4.42 Å². The minimum atomic E-state index is -0.396. The Morgan fingerprint density at radius 2 is 1.88 bits per heavy atom. The fourth-order valence-corrected chi connectivity index (χ4v) is 3.78. The summed E-state index contributed by atoms with van der Waals surface area (Å²) in [6.45, 7) is 0. The number of para-hydroxylation sites is 1. The molecule has 0 unspecified atom stereocenters. The number of nitrogens with zero attached hydrogens (tertiary/aromatic N) is 3. The highest BCUT2D eigenvalue weighted by molar-refractivity contribution is 7.15. The number of fused-ring (bicyclic) bond motifs is 2. The van der Waals surface area contributed by atoms with Gasteiger partial charge in [0.25, 0.3) is 0 Å². The van der Waals surface area contributed by atoms with Crippen LogP contribution in [-0.2, 0) is 0 Å². The molecule has 0 saturated carbocycles. The SMILES string of the molecule is O=c1oc2ccccc2cc1-c1csc2nc(-c3ccc(Cl)cc3)nn12. The third kappa shape index (κ3) is 2.42. The molecule has 0 fully saturated rings. The van der Waals surface area contributed by atoms with E-state index in [1.807, 2.05) is 41.8 Å². The third-order valence-electron chi connectivity index (χ3n) is 4.10. The average Bonchev–Trinajstić information content (AvgIpc) is 3.23. The third-order valence-corrected chi connectivity index (χ3v) is 5.17. The summed E-state index contributed by atoms with van der Waals surface area (Å²) >= 11 is 7.36. The van der Waals surface area contributed by atoms with Gasteiger partial charge in [0.15, 0.2) is 5.82 Å². The Morgan fingerprint density at radius 1 is 1.08 bits per heavy atom. The van der Waals surface area contributed by atoms with Gasteiger partial charge >= 0.3 is 5.63 Å². The molecule has 0 bridgehead atoms. The number of aromatic nitrogens is 3. The van der Waals surface area contributed by atoms with Crippen LogP contribution >= 0.6 is 22.9 Å². The minimum Gasteiger partial charge on any atom is -0.422 e. The zero-order valence-corrected chi connectivity index (χ0v) is 14.8. The highest BCUT2D eigenvalue weighted by Gasteiger charge is 2.16. The number of thiazole rings is 1. The summed E-state index contributed by atoms with van der Waals surface area (Å²) in [4.78, 5) is 17.7. The normalized spacial score (nSPS) is 11.4. The van der Waals surface area contributed by atoms with E-state index >= 15 is 0 Å². The predicted octanol–water partition coefficient (Wildman–Crippen LogP) is 4.88. The summed E-state index contributed by atoms with van der Waals surface area (Å²) in [5.74, 6) is 0.583. The van der Waals surface area contributed by atoms with E-state index in [0.717, 1.165) is 10.9 Å².